The summed E-state index contributed by atoms with van der Waals surface area (Å²) in [7, 11) is 0. The molecule has 0 spiro atoms. The van der Waals surface area contributed by atoms with Crippen molar-refractivity contribution in [2.45, 2.75) is 27.7 Å². The average Bonchev–Trinajstić information content (AvgIpc) is 3.08. The molecule has 2 heteroatoms. The summed E-state index contributed by atoms with van der Waals surface area (Å²) < 4.78 is 11.8. The van der Waals surface area contributed by atoms with E-state index < -0.39 is 0 Å². The highest BCUT2D eigenvalue weighted by molar-refractivity contribution is 6.14. The van der Waals surface area contributed by atoms with E-state index in [-0.39, 0.29) is 0 Å². The maximum atomic E-state index is 5.90. The van der Waals surface area contributed by atoms with Crippen molar-refractivity contribution < 1.29 is 8.83 Å². The second kappa shape index (κ2) is 5.66. The zero-order valence-corrected chi connectivity index (χ0v) is 15.1. The molecule has 0 saturated heterocycles. The van der Waals surface area contributed by atoms with Crippen LogP contribution in [0.3, 0.4) is 0 Å². The summed E-state index contributed by atoms with van der Waals surface area (Å²) in [6.07, 6.45) is 0. The molecule has 0 N–H and O–H groups in total. The van der Waals surface area contributed by atoms with Crippen molar-refractivity contribution >= 4 is 43.9 Å². The van der Waals surface area contributed by atoms with Gasteiger partial charge in [-0.25, -0.2) is 0 Å². The molecular weight excluding hydrogens is 308 g/mol. The number of furan rings is 2. The van der Waals surface area contributed by atoms with Crippen LogP contribution in [0.5, 0.6) is 0 Å². The Hall–Kier alpha value is -2.74. The molecule has 0 atom stereocenters. The fourth-order valence-corrected chi connectivity index (χ4v) is 2.94. The fourth-order valence-electron chi connectivity index (χ4n) is 2.94. The molecule has 0 saturated carbocycles. The van der Waals surface area contributed by atoms with Crippen molar-refractivity contribution in [1.82, 2.24) is 0 Å². The number of para-hydroxylation sites is 2. The van der Waals surface area contributed by atoms with E-state index >= 15 is 0 Å². The highest BCUT2D eigenvalue weighted by atomic mass is 16.3. The molecule has 3 aromatic carbocycles. The molecule has 0 aliphatic heterocycles. The smallest absolute Gasteiger partial charge is 0.139 e. The zero-order chi connectivity index (χ0) is 17.6. The summed E-state index contributed by atoms with van der Waals surface area (Å²) in [6.45, 7) is 8.75. The lowest BCUT2D eigenvalue weighted by atomic mass is 10.0. The van der Waals surface area contributed by atoms with Crippen LogP contribution >= 0.6 is 0 Å². The van der Waals surface area contributed by atoms with Gasteiger partial charge in [0.1, 0.15) is 22.3 Å². The standard InChI is InChI=1S/C18H10O2.C5H12/c1-3-7-15-11(5-1)13-9-14-12-6-2-4-8-16(12)20-18(14)10-17(13)19-15;1-5(2,3)4/h1-10H;1-4H3. The van der Waals surface area contributed by atoms with Gasteiger partial charge < -0.3 is 8.83 Å². The lowest BCUT2D eigenvalue weighted by molar-refractivity contribution is 0.469. The van der Waals surface area contributed by atoms with Gasteiger partial charge in [-0.05, 0) is 23.6 Å². The molecule has 126 valence electrons. The Kier molecular flexibility index (Phi) is 3.57. The van der Waals surface area contributed by atoms with Gasteiger partial charge in [0.05, 0.1) is 0 Å². The van der Waals surface area contributed by atoms with Gasteiger partial charge in [-0.1, -0.05) is 64.1 Å². The second-order valence-corrected chi connectivity index (χ2v) is 8.04. The third kappa shape index (κ3) is 3.00. The first-order valence-electron chi connectivity index (χ1n) is 8.63. The van der Waals surface area contributed by atoms with E-state index in [4.69, 9.17) is 8.83 Å². The molecule has 2 aromatic heterocycles. The molecule has 0 amide bonds. The summed E-state index contributed by atoms with van der Waals surface area (Å²) in [5, 5.41) is 4.57. The van der Waals surface area contributed by atoms with Crippen LogP contribution in [0, 0.1) is 5.41 Å². The molecule has 2 heterocycles. The molecule has 0 fully saturated rings. The highest BCUT2D eigenvalue weighted by Crippen LogP contribution is 2.36. The topological polar surface area (TPSA) is 26.3 Å². The van der Waals surface area contributed by atoms with E-state index in [1.165, 1.54) is 0 Å². The minimum absolute atomic E-state index is 0.500. The fraction of sp³-hybridized carbons (Fsp3) is 0.217. The van der Waals surface area contributed by atoms with Gasteiger partial charge in [-0.2, -0.15) is 0 Å². The first-order valence-corrected chi connectivity index (χ1v) is 8.63. The molecule has 5 rings (SSSR count). The van der Waals surface area contributed by atoms with Crippen molar-refractivity contribution in [2.24, 2.45) is 5.41 Å². The molecule has 0 unspecified atom stereocenters. The summed E-state index contributed by atoms with van der Waals surface area (Å²) in [5.41, 5.74) is 4.08. The Balaban J connectivity index is 0.000000280. The van der Waals surface area contributed by atoms with Crippen LogP contribution in [0.25, 0.3) is 43.9 Å². The van der Waals surface area contributed by atoms with Crippen molar-refractivity contribution in [2.75, 3.05) is 0 Å². The van der Waals surface area contributed by atoms with Crippen LogP contribution in [0.1, 0.15) is 27.7 Å². The van der Waals surface area contributed by atoms with Crippen molar-refractivity contribution in [1.29, 1.82) is 0 Å². The van der Waals surface area contributed by atoms with Gasteiger partial charge >= 0.3 is 0 Å². The summed E-state index contributed by atoms with van der Waals surface area (Å²) >= 11 is 0. The lowest BCUT2D eigenvalue weighted by Gasteiger charge is -2.05. The third-order valence-electron chi connectivity index (χ3n) is 3.88. The van der Waals surface area contributed by atoms with E-state index in [2.05, 4.69) is 45.9 Å². The van der Waals surface area contributed by atoms with Crippen LogP contribution in [0.2, 0.25) is 0 Å². The lowest BCUT2D eigenvalue weighted by Crippen LogP contribution is -1.93. The Morgan fingerprint density at radius 2 is 0.920 bits per heavy atom. The predicted molar refractivity (Wildman–Crippen MR) is 106 cm³/mol. The summed E-state index contributed by atoms with van der Waals surface area (Å²) in [6, 6.07) is 20.4. The molecule has 25 heavy (non-hydrogen) atoms. The Bertz CT molecular complexity index is 1090. The molecule has 2 nitrogen and oxygen atoms in total. The first-order chi connectivity index (χ1) is 11.9. The molecular formula is C23H22O2. The van der Waals surface area contributed by atoms with Gasteiger partial charge in [0, 0.05) is 27.6 Å². The number of rotatable bonds is 0. The van der Waals surface area contributed by atoms with Crippen LogP contribution < -0.4 is 0 Å². The third-order valence-corrected chi connectivity index (χ3v) is 3.88. The number of hydrogen-bond acceptors (Lipinski definition) is 2. The molecule has 0 bridgehead atoms. The van der Waals surface area contributed by atoms with E-state index in [0.29, 0.717) is 5.41 Å². The van der Waals surface area contributed by atoms with Crippen LogP contribution in [0.4, 0.5) is 0 Å². The average molecular weight is 330 g/mol. The van der Waals surface area contributed by atoms with Crippen LogP contribution in [0.15, 0.2) is 69.5 Å². The predicted octanol–water partition coefficient (Wildman–Crippen LogP) is 7.54. The maximum absolute atomic E-state index is 5.90. The Morgan fingerprint density at radius 3 is 1.36 bits per heavy atom. The molecule has 0 aliphatic rings. The zero-order valence-electron chi connectivity index (χ0n) is 15.1. The van der Waals surface area contributed by atoms with Gasteiger partial charge in [-0.3, -0.25) is 0 Å². The molecule has 5 aromatic rings. The molecule has 0 radical (unpaired) electrons. The monoisotopic (exact) mass is 330 g/mol. The largest absolute Gasteiger partial charge is 0.456 e. The number of hydrogen-bond donors (Lipinski definition) is 0. The van der Waals surface area contributed by atoms with Gasteiger partial charge in [0.15, 0.2) is 0 Å². The van der Waals surface area contributed by atoms with E-state index in [9.17, 15) is 0 Å². The highest BCUT2D eigenvalue weighted by Gasteiger charge is 2.12. The minimum atomic E-state index is 0.500. The van der Waals surface area contributed by atoms with Crippen molar-refractivity contribution in [3.05, 3.63) is 60.7 Å². The Labute approximate surface area is 147 Å². The number of benzene rings is 3. The quantitative estimate of drug-likeness (QED) is 0.293. The van der Waals surface area contributed by atoms with E-state index in [1.807, 2.05) is 42.5 Å². The summed E-state index contributed by atoms with van der Waals surface area (Å²) in [4.78, 5) is 0. The Morgan fingerprint density at radius 1 is 0.520 bits per heavy atom. The minimum Gasteiger partial charge on any atom is -0.456 e. The van der Waals surface area contributed by atoms with Gasteiger partial charge in [-0.15, -0.1) is 0 Å². The second-order valence-electron chi connectivity index (χ2n) is 8.04. The van der Waals surface area contributed by atoms with Crippen LogP contribution in [-0.2, 0) is 0 Å². The summed E-state index contributed by atoms with van der Waals surface area (Å²) in [5.74, 6) is 0. The number of fused-ring (bicyclic) bond motifs is 6. The molecule has 0 aliphatic carbocycles. The first kappa shape index (κ1) is 15.8. The van der Waals surface area contributed by atoms with Gasteiger partial charge in [0.2, 0.25) is 0 Å². The van der Waals surface area contributed by atoms with Gasteiger partial charge in [0.25, 0.3) is 0 Å². The van der Waals surface area contributed by atoms with E-state index in [0.717, 1.165) is 43.9 Å². The SMILES string of the molecule is CC(C)(C)C.c1ccc2c(c1)oc1cc3oc4ccccc4c3cc12. The van der Waals surface area contributed by atoms with Crippen molar-refractivity contribution in [3.63, 3.8) is 0 Å². The maximum Gasteiger partial charge on any atom is 0.139 e. The van der Waals surface area contributed by atoms with Crippen LogP contribution in [-0.4, -0.2) is 0 Å². The van der Waals surface area contributed by atoms with E-state index in [1.54, 1.807) is 0 Å². The van der Waals surface area contributed by atoms with Crippen molar-refractivity contribution in [3.8, 4) is 0 Å². The normalized spacial score (nSPS) is 12.0.